The Bertz CT molecular complexity index is 508. The Balaban J connectivity index is 2.18. The molecule has 2 atom stereocenters. The van der Waals surface area contributed by atoms with Crippen LogP contribution in [0.25, 0.3) is 5.52 Å². The number of aryl methyl sites for hydroxylation is 1. The van der Waals surface area contributed by atoms with Crippen LogP contribution in [0.5, 0.6) is 0 Å². The van der Waals surface area contributed by atoms with Crippen LogP contribution in [0.1, 0.15) is 12.6 Å². The Kier molecular flexibility index (Phi) is 3.26. The third kappa shape index (κ3) is 2.54. The van der Waals surface area contributed by atoms with Gasteiger partial charge in [-0.05, 0) is 19.9 Å². The van der Waals surface area contributed by atoms with Crippen molar-refractivity contribution in [2.45, 2.75) is 26.0 Å². The zero-order valence-corrected chi connectivity index (χ0v) is 9.96. The molecule has 0 aromatic carbocycles. The molecule has 0 aliphatic carbocycles. The number of aliphatic hydroxyl groups is 1. The van der Waals surface area contributed by atoms with E-state index < -0.39 is 6.10 Å². The first kappa shape index (κ1) is 11.8. The van der Waals surface area contributed by atoms with Crippen molar-refractivity contribution in [3.8, 4) is 0 Å². The van der Waals surface area contributed by atoms with E-state index >= 15 is 0 Å². The number of nitrogens with two attached hydrogens (primary N) is 1. The molecule has 0 fully saturated rings. The van der Waals surface area contributed by atoms with Gasteiger partial charge in [0.15, 0.2) is 5.82 Å². The van der Waals surface area contributed by atoms with Gasteiger partial charge >= 0.3 is 0 Å². The number of fused-ring (bicyclic) bond motifs is 1. The Hall–Kier alpha value is -1.66. The monoisotopic (exact) mass is 235 g/mol. The molecule has 17 heavy (non-hydrogen) atoms. The Morgan fingerprint density at radius 2 is 2.35 bits per heavy atom. The fraction of sp³-hybridized carbons (Fsp3) is 0.455. The van der Waals surface area contributed by atoms with E-state index in [-0.39, 0.29) is 6.04 Å². The van der Waals surface area contributed by atoms with E-state index in [1.165, 1.54) is 0 Å². The van der Waals surface area contributed by atoms with Crippen molar-refractivity contribution in [3.63, 3.8) is 0 Å². The lowest BCUT2D eigenvalue weighted by atomic mass is 10.2. The maximum Gasteiger partial charge on any atom is 0.152 e. The van der Waals surface area contributed by atoms with Gasteiger partial charge in [-0.3, -0.25) is 0 Å². The molecule has 4 N–H and O–H groups in total. The molecule has 92 valence electrons. The zero-order valence-electron chi connectivity index (χ0n) is 9.96. The van der Waals surface area contributed by atoms with Crippen molar-refractivity contribution in [2.75, 3.05) is 11.9 Å². The maximum absolute atomic E-state index is 9.31. The molecule has 0 amide bonds. The van der Waals surface area contributed by atoms with E-state index in [1.54, 1.807) is 23.8 Å². The number of rotatable bonds is 4. The fourth-order valence-electron chi connectivity index (χ4n) is 1.57. The second-order valence-corrected chi connectivity index (χ2v) is 4.18. The largest absolute Gasteiger partial charge is 0.392 e. The first-order valence-corrected chi connectivity index (χ1v) is 5.56. The predicted octanol–water partition coefficient (Wildman–Crippen LogP) is 0.158. The summed E-state index contributed by atoms with van der Waals surface area (Å²) in [5.74, 6) is 0.726. The number of anilines is 1. The van der Waals surface area contributed by atoms with Crippen LogP contribution >= 0.6 is 0 Å². The Morgan fingerprint density at radius 3 is 3.06 bits per heavy atom. The SMILES string of the molecule is Cc1cc2c(NCC(N)C(C)O)nccn2n1. The molecule has 2 rings (SSSR count). The molecule has 0 radical (unpaired) electrons. The van der Waals surface area contributed by atoms with Gasteiger partial charge in [0, 0.05) is 25.0 Å². The molecule has 2 aromatic heterocycles. The van der Waals surface area contributed by atoms with Crippen LogP contribution < -0.4 is 11.1 Å². The van der Waals surface area contributed by atoms with Crippen LogP contribution in [0.3, 0.4) is 0 Å². The van der Waals surface area contributed by atoms with Gasteiger partial charge in [0.05, 0.1) is 11.8 Å². The van der Waals surface area contributed by atoms with E-state index in [1.807, 2.05) is 13.0 Å². The molecule has 6 heteroatoms. The van der Waals surface area contributed by atoms with Gasteiger partial charge in [0.1, 0.15) is 5.52 Å². The highest BCUT2D eigenvalue weighted by molar-refractivity contribution is 5.67. The van der Waals surface area contributed by atoms with Gasteiger partial charge in [-0.2, -0.15) is 5.10 Å². The predicted molar refractivity (Wildman–Crippen MR) is 65.9 cm³/mol. The third-order valence-corrected chi connectivity index (χ3v) is 2.64. The first-order chi connectivity index (χ1) is 8.08. The minimum Gasteiger partial charge on any atom is -0.392 e. The summed E-state index contributed by atoms with van der Waals surface area (Å²) >= 11 is 0. The molecule has 2 heterocycles. The first-order valence-electron chi connectivity index (χ1n) is 5.56. The second kappa shape index (κ2) is 4.68. The zero-order chi connectivity index (χ0) is 12.4. The molecule has 2 unspecified atom stereocenters. The number of aliphatic hydroxyl groups excluding tert-OH is 1. The lowest BCUT2D eigenvalue weighted by molar-refractivity contribution is 0.168. The minimum absolute atomic E-state index is 0.318. The lowest BCUT2D eigenvalue weighted by Crippen LogP contribution is -2.38. The lowest BCUT2D eigenvalue weighted by Gasteiger charge is -2.15. The quantitative estimate of drug-likeness (QED) is 0.702. The summed E-state index contributed by atoms with van der Waals surface area (Å²) in [4.78, 5) is 4.24. The maximum atomic E-state index is 9.31. The summed E-state index contributed by atoms with van der Waals surface area (Å²) in [5, 5.41) is 16.7. The average molecular weight is 235 g/mol. The van der Waals surface area contributed by atoms with Crippen LogP contribution in [0, 0.1) is 6.92 Å². The van der Waals surface area contributed by atoms with E-state index in [9.17, 15) is 5.11 Å². The van der Waals surface area contributed by atoms with E-state index in [0.29, 0.717) is 6.54 Å². The van der Waals surface area contributed by atoms with Gasteiger partial charge in [-0.15, -0.1) is 0 Å². The van der Waals surface area contributed by atoms with Crippen LogP contribution in [0.15, 0.2) is 18.5 Å². The van der Waals surface area contributed by atoms with Crippen molar-refractivity contribution >= 4 is 11.3 Å². The molecule has 0 saturated heterocycles. The Labute approximate surface area is 99.5 Å². The van der Waals surface area contributed by atoms with Crippen molar-refractivity contribution < 1.29 is 5.11 Å². The van der Waals surface area contributed by atoms with Crippen LogP contribution in [-0.2, 0) is 0 Å². The molecular formula is C11H17N5O. The van der Waals surface area contributed by atoms with Gasteiger partial charge in [-0.25, -0.2) is 9.50 Å². The molecule has 0 aliphatic rings. The van der Waals surface area contributed by atoms with Gasteiger partial charge < -0.3 is 16.2 Å². The topological polar surface area (TPSA) is 88.5 Å². The summed E-state index contributed by atoms with van der Waals surface area (Å²) < 4.78 is 1.76. The van der Waals surface area contributed by atoms with Crippen molar-refractivity contribution in [1.29, 1.82) is 0 Å². The van der Waals surface area contributed by atoms with Crippen LogP contribution in [0.2, 0.25) is 0 Å². The summed E-state index contributed by atoms with van der Waals surface area (Å²) in [7, 11) is 0. The highest BCUT2D eigenvalue weighted by atomic mass is 16.3. The summed E-state index contributed by atoms with van der Waals surface area (Å²) in [6.07, 6.45) is 2.92. The number of hydrogen-bond donors (Lipinski definition) is 3. The van der Waals surface area contributed by atoms with Gasteiger partial charge in [-0.1, -0.05) is 0 Å². The molecule has 0 saturated carbocycles. The van der Waals surface area contributed by atoms with Crippen molar-refractivity contribution in [2.24, 2.45) is 5.73 Å². The molecule has 2 aromatic rings. The fourth-order valence-corrected chi connectivity index (χ4v) is 1.57. The Morgan fingerprint density at radius 1 is 1.59 bits per heavy atom. The summed E-state index contributed by atoms with van der Waals surface area (Å²) in [6.45, 7) is 4.07. The van der Waals surface area contributed by atoms with E-state index in [2.05, 4.69) is 15.4 Å². The molecule has 0 spiro atoms. The highest BCUT2D eigenvalue weighted by Crippen LogP contribution is 2.14. The standard InChI is InChI=1S/C11H17N5O/c1-7-5-10-11(13-3-4-16(10)15-7)14-6-9(12)8(2)17/h3-5,8-9,17H,6,12H2,1-2H3,(H,13,14). The average Bonchev–Trinajstić information content (AvgIpc) is 2.66. The third-order valence-electron chi connectivity index (χ3n) is 2.64. The van der Waals surface area contributed by atoms with Gasteiger partial charge in [0.25, 0.3) is 0 Å². The van der Waals surface area contributed by atoms with Gasteiger partial charge in [0.2, 0.25) is 0 Å². The molecule has 0 aliphatic heterocycles. The second-order valence-electron chi connectivity index (χ2n) is 4.18. The van der Waals surface area contributed by atoms with Crippen LogP contribution in [0.4, 0.5) is 5.82 Å². The number of hydrogen-bond acceptors (Lipinski definition) is 5. The minimum atomic E-state index is -0.547. The van der Waals surface area contributed by atoms with Crippen LogP contribution in [-0.4, -0.2) is 38.4 Å². The van der Waals surface area contributed by atoms with Crippen molar-refractivity contribution in [1.82, 2.24) is 14.6 Å². The smallest absolute Gasteiger partial charge is 0.152 e. The summed E-state index contributed by atoms with van der Waals surface area (Å²) in [6, 6.07) is 1.63. The normalized spacial score (nSPS) is 14.8. The number of nitrogens with zero attached hydrogens (tertiary/aromatic N) is 3. The number of nitrogens with one attached hydrogen (secondary N) is 1. The molecule has 0 bridgehead atoms. The summed E-state index contributed by atoms with van der Waals surface area (Å²) in [5.41, 5.74) is 7.59. The van der Waals surface area contributed by atoms with E-state index in [0.717, 1.165) is 17.0 Å². The van der Waals surface area contributed by atoms with E-state index in [4.69, 9.17) is 5.73 Å². The molecular weight excluding hydrogens is 218 g/mol. The molecule has 6 nitrogen and oxygen atoms in total. The number of aromatic nitrogens is 3. The van der Waals surface area contributed by atoms with Crippen molar-refractivity contribution in [3.05, 3.63) is 24.2 Å². The highest BCUT2D eigenvalue weighted by Gasteiger charge is 2.10.